The highest BCUT2D eigenvalue weighted by Crippen LogP contribution is 2.30. The van der Waals surface area contributed by atoms with Gasteiger partial charge in [0.05, 0.1) is 16.1 Å². The Balaban J connectivity index is 1.96. The van der Waals surface area contributed by atoms with Gasteiger partial charge in [0.15, 0.2) is 0 Å². The van der Waals surface area contributed by atoms with Crippen LogP contribution >= 0.6 is 27.5 Å². The van der Waals surface area contributed by atoms with Gasteiger partial charge in [-0.3, -0.25) is 14.9 Å². The lowest BCUT2D eigenvalue weighted by atomic mass is 10.1. The molecule has 2 aromatic carbocycles. The van der Waals surface area contributed by atoms with E-state index in [1.807, 2.05) is 0 Å². The van der Waals surface area contributed by atoms with Crippen molar-refractivity contribution in [1.82, 2.24) is 5.32 Å². The highest BCUT2D eigenvalue weighted by molar-refractivity contribution is 9.10. The lowest BCUT2D eigenvalue weighted by molar-refractivity contribution is -0.307. The summed E-state index contributed by atoms with van der Waals surface area (Å²) in [6, 6.07) is 8.40. The predicted molar refractivity (Wildman–Crippen MR) is 110 cm³/mol. The Morgan fingerprint density at radius 2 is 2.00 bits per heavy atom. The zero-order valence-corrected chi connectivity index (χ0v) is 17.7. The number of aliphatic carboxylic acids is 1. The molecule has 1 fully saturated rings. The summed E-state index contributed by atoms with van der Waals surface area (Å²) in [5, 5.41) is 13.0. The first-order chi connectivity index (χ1) is 14.2. The fourth-order valence-electron chi connectivity index (χ4n) is 2.74. The molecule has 8 nitrogen and oxygen atoms in total. The van der Waals surface area contributed by atoms with Gasteiger partial charge in [-0.15, -0.1) is 0 Å². The molecular weight excluding hydrogens is 480 g/mol. The summed E-state index contributed by atoms with van der Waals surface area (Å²) in [7, 11) is 0. The lowest BCUT2D eigenvalue weighted by Crippen LogP contribution is -2.54. The first kappa shape index (κ1) is 21.5. The van der Waals surface area contributed by atoms with E-state index < -0.39 is 30.4 Å². The maximum absolute atomic E-state index is 13.0. The van der Waals surface area contributed by atoms with E-state index in [2.05, 4.69) is 21.2 Å². The molecule has 0 aliphatic carbocycles. The number of benzene rings is 2. The molecule has 30 heavy (non-hydrogen) atoms. The van der Waals surface area contributed by atoms with Gasteiger partial charge in [-0.25, -0.2) is 9.69 Å². The molecule has 1 saturated heterocycles. The lowest BCUT2D eigenvalue weighted by Gasteiger charge is -2.27. The van der Waals surface area contributed by atoms with E-state index >= 15 is 0 Å². The zero-order chi connectivity index (χ0) is 22.0. The van der Waals surface area contributed by atoms with Gasteiger partial charge in [0.25, 0.3) is 11.8 Å². The quantitative estimate of drug-likeness (QED) is 0.505. The van der Waals surface area contributed by atoms with Crippen LogP contribution in [0.4, 0.5) is 10.5 Å². The Morgan fingerprint density at radius 1 is 1.27 bits per heavy atom. The predicted octanol–water partition coefficient (Wildman–Crippen LogP) is 2.21. The van der Waals surface area contributed by atoms with Gasteiger partial charge in [0.2, 0.25) is 0 Å². The molecule has 2 aromatic rings. The molecule has 1 N–H and O–H groups in total. The number of carboxylic acids is 1. The average molecular weight is 493 g/mol. The van der Waals surface area contributed by atoms with E-state index in [1.54, 1.807) is 25.1 Å². The van der Waals surface area contributed by atoms with E-state index in [0.717, 1.165) is 4.90 Å². The molecule has 0 aromatic heterocycles. The van der Waals surface area contributed by atoms with Crippen molar-refractivity contribution in [1.29, 1.82) is 0 Å². The van der Waals surface area contributed by atoms with Crippen LogP contribution in [0.15, 0.2) is 46.4 Å². The van der Waals surface area contributed by atoms with Crippen molar-refractivity contribution in [2.24, 2.45) is 0 Å². The second-order valence-electron chi connectivity index (χ2n) is 6.19. The highest BCUT2D eigenvalue weighted by atomic mass is 79.9. The van der Waals surface area contributed by atoms with Crippen LogP contribution in [-0.2, 0) is 14.4 Å². The monoisotopic (exact) mass is 491 g/mol. The highest BCUT2D eigenvalue weighted by Gasteiger charge is 2.37. The summed E-state index contributed by atoms with van der Waals surface area (Å²) < 4.78 is 5.46. The minimum absolute atomic E-state index is 0.243. The van der Waals surface area contributed by atoms with Gasteiger partial charge in [0.1, 0.15) is 17.9 Å². The van der Waals surface area contributed by atoms with Crippen LogP contribution < -0.4 is 20.1 Å². The number of carbonyl (C=O) groups is 4. The molecule has 1 aliphatic heterocycles. The Hall–Kier alpha value is -3.17. The number of hydrogen-bond acceptors (Lipinski definition) is 6. The van der Waals surface area contributed by atoms with Crippen molar-refractivity contribution in [2.75, 3.05) is 11.5 Å². The van der Waals surface area contributed by atoms with E-state index in [0.29, 0.717) is 20.6 Å². The normalized spacial score (nSPS) is 15.4. The first-order valence-corrected chi connectivity index (χ1v) is 9.65. The summed E-state index contributed by atoms with van der Waals surface area (Å²) in [4.78, 5) is 49.0. The SMILES string of the molecule is Cc1c(Cl)cccc1N1C(=O)NC(=O)/C(=C\c2ccc(OCC(=O)[O-])c(Br)c2)C1=O. The third-order valence-electron chi connectivity index (χ3n) is 4.19. The van der Waals surface area contributed by atoms with Crippen LogP contribution in [-0.4, -0.2) is 30.4 Å². The number of rotatable bonds is 5. The number of ether oxygens (including phenoxy) is 1. The second-order valence-corrected chi connectivity index (χ2v) is 7.45. The van der Waals surface area contributed by atoms with Gasteiger partial charge in [0, 0.05) is 5.02 Å². The molecule has 4 amide bonds. The third-order valence-corrected chi connectivity index (χ3v) is 5.22. The fourth-order valence-corrected chi connectivity index (χ4v) is 3.42. The molecule has 154 valence electrons. The van der Waals surface area contributed by atoms with Crippen LogP contribution in [0.3, 0.4) is 0 Å². The Kier molecular flexibility index (Phi) is 6.23. The summed E-state index contributed by atoms with van der Waals surface area (Å²) in [6.07, 6.45) is 1.31. The topological polar surface area (TPSA) is 116 Å². The van der Waals surface area contributed by atoms with Crippen molar-refractivity contribution >= 4 is 63.1 Å². The third kappa shape index (κ3) is 4.37. The number of nitrogens with one attached hydrogen (secondary N) is 1. The fraction of sp³-hybridized carbons (Fsp3) is 0.100. The number of hydrogen-bond donors (Lipinski definition) is 1. The number of carbonyl (C=O) groups excluding carboxylic acids is 4. The van der Waals surface area contributed by atoms with Gasteiger partial charge in [-0.2, -0.15) is 0 Å². The van der Waals surface area contributed by atoms with Crippen molar-refractivity contribution in [3.8, 4) is 5.75 Å². The number of amides is 4. The molecule has 10 heteroatoms. The Morgan fingerprint density at radius 3 is 2.67 bits per heavy atom. The van der Waals surface area contributed by atoms with E-state index in [1.165, 1.54) is 24.3 Å². The molecule has 0 saturated carbocycles. The van der Waals surface area contributed by atoms with E-state index in [-0.39, 0.29) is 17.0 Å². The van der Waals surface area contributed by atoms with Gasteiger partial charge < -0.3 is 14.6 Å². The molecule has 3 rings (SSSR count). The molecule has 0 spiro atoms. The first-order valence-electron chi connectivity index (χ1n) is 8.48. The zero-order valence-electron chi connectivity index (χ0n) is 15.4. The van der Waals surface area contributed by atoms with Gasteiger partial charge in [-0.05, 0) is 64.3 Å². The van der Waals surface area contributed by atoms with E-state index in [4.69, 9.17) is 16.3 Å². The van der Waals surface area contributed by atoms with Crippen molar-refractivity contribution in [3.05, 3.63) is 62.6 Å². The minimum atomic E-state index is -1.38. The molecular formula is C20H13BrClN2O6-. The smallest absolute Gasteiger partial charge is 0.335 e. The Bertz CT molecular complexity index is 1110. The Labute approximate surface area is 184 Å². The summed E-state index contributed by atoms with van der Waals surface area (Å²) >= 11 is 9.33. The van der Waals surface area contributed by atoms with E-state index in [9.17, 15) is 24.3 Å². The number of anilines is 1. The van der Waals surface area contributed by atoms with Crippen molar-refractivity contribution in [3.63, 3.8) is 0 Å². The number of barbiturate groups is 1. The largest absolute Gasteiger partial charge is 0.546 e. The minimum Gasteiger partial charge on any atom is -0.546 e. The molecule has 1 heterocycles. The van der Waals surface area contributed by atoms with Crippen molar-refractivity contribution in [2.45, 2.75) is 6.92 Å². The number of nitrogens with zero attached hydrogens (tertiary/aromatic N) is 1. The standard InChI is InChI=1S/C20H14BrClN2O6/c1-10-14(22)3-2-4-15(10)24-19(28)12(18(27)23-20(24)29)7-11-5-6-16(13(21)8-11)30-9-17(25)26/h2-8H,9H2,1H3,(H,25,26)(H,23,27,29)/p-1/b12-7+. The second kappa shape index (κ2) is 8.68. The number of imide groups is 2. The van der Waals surface area contributed by atoms with Crippen LogP contribution in [0, 0.1) is 6.92 Å². The number of urea groups is 1. The summed E-state index contributed by atoms with van der Waals surface area (Å²) in [5.41, 5.74) is 0.951. The summed E-state index contributed by atoms with van der Waals surface area (Å²) in [5.74, 6) is -2.78. The van der Waals surface area contributed by atoms with Crippen LogP contribution in [0.2, 0.25) is 5.02 Å². The number of halogens is 2. The van der Waals surface area contributed by atoms with Crippen LogP contribution in [0.5, 0.6) is 5.75 Å². The molecule has 1 aliphatic rings. The molecule has 0 bridgehead atoms. The number of carboxylic acid groups (broad SMARTS) is 1. The molecule has 0 atom stereocenters. The van der Waals surface area contributed by atoms with Crippen LogP contribution in [0.1, 0.15) is 11.1 Å². The maximum Gasteiger partial charge on any atom is 0.335 e. The summed E-state index contributed by atoms with van der Waals surface area (Å²) in [6.45, 7) is 1.02. The van der Waals surface area contributed by atoms with Crippen molar-refractivity contribution < 1.29 is 29.0 Å². The van der Waals surface area contributed by atoms with Gasteiger partial charge >= 0.3 is 6.03 Å². The molecule has 0 unspecified atom stereocenters. The average Bonchev–Trinajstić information content (AvgIpc) is 2.67. The van der Waals surface area contributed by atoms with Gasteiger partial charge in [-0.1, -0.05) is 23.7 Å². The maximum atomic E-state index is 13.0. The molecule has 0 radical (unpaired) electrons. The van der Waals surface area contributed by atoms with Crippen LogP contribution in [0.25, 0.3) is 6.08 Å².